The summed E-state index contributed by atoms with van der Waals surface area (Å²) in [4.78, 5) is 21.5. The Hall–Kier alpha value is -2.32. The number of phenolic OH excluding ortho intramolecular Hbond substituents is 1. The molecule has 0 spiro atoms. The molecule has 0 bridgehead atoms. The molecule has 0 atom stereocenters. The summed E-state index contributed by atoms with van der Waals surface area (Å²) in [6.45, 7) is 4.69. The van der Waals surface area contributed by atoms with Crippen molar-refractivity contribution in [3.05, 3.63) is 29.8 Å². The van der Waals surface area contributed by atoms with Crippen LogP contribution in [0.15, 0.2) is 24.3 Å². The lowest BCUT2D eigenvalue weighted by atomic mass is 10.1. The standard InChI is InChI=1S/C9H8O4.C5H9N/c1-6(10)13-9(12)7-4-2-3-5-8(7)11;1-4-5(2,3)6/h2-5,11H,1H3;1H,6H2,2-3H3. The summed E-state index contributed by atoms with van der Waals surface area (Å²) in [6.07, 6.45) is 4.93. The number of hydrogen-bond acceptors (Lipinski definition) is 5. The molecule has 0 aliphatic carbocycles. The molecule has 5 heteroatoms. The molecular formula is C14H17NO4. The minimum atomic E-state index is -0.842. The highest BCUT2D eigenvalue weighted by Crippen LogP contribution is 2.16. The maximum Gasteiger partial charge on any atom is 0.349 e. The number of esters is 2. The summed E-state index contributed by atoms with van der Waals surface area (Å²) < 4.78 is 4.28. The van der Waals surface area contributed by atoms with Gasteiger partial charge in [-0.15, -0.1) is 6.42 Å². The smallest absolute Gasteiger partial charge is 0.349 e. The predicted octanol–water partition coefficient (Wildman–Crippen LogP) is 1.45. The molecule has 0 amide bonds. The van der Waals surface area contributed by atoms with Crippen molar-refractivity contribution in [1.82, 2.24) is 0 Å². The van der Waals surface area contributed by atoms with E-state index in [9.17, 15) is 14.7 Å². The fourth-order valence-electron chi connectivity index (χ4n) is 0.832. The molecule has 0 fully saturated rings. The van der Waals surface area contributed by atoms with E-state index >= 15 is 0 Å². The minimum absolute atomic E-state index is 0.0160. The van der Waals surface area contributed by atoms with Gasteiger partial charge in [-0.1, -0.05) is 18.1 Å². The van der Waals surface area contributed by atoms with E-state index in [4.69, 9.17) is 12.2 Å². The first-order valence-corrected chi connectivity index (χ1v) is 5.44. The zero-order valence-corrected chi connectivity index (χ0v) is 11.1. The van der Waals surface area contributed by atoms with Gasteiger partial charge < -0.3 is 15.6 Å². The van der Waals surface area contributed by atoms with Gasteiger partial charge in [0, 0.05) is 6.92 Å². The summed E-state index contributed by atoms with van der Waals surface area (Å²) in [6, 6.07) is 5.85. The third-order valence-corrected chi connectivity index (χ3v) is 1.73. The number of phenols is 1. The quantitative estimate of drug-likeness (QED) is 0.455. The highest BCUT2D eigenvalue weighted by molar-refractivity contribution is 5.98. The van der Waals surface area contributed by atoms with Gasteiger partial charge in [0.15, 0.2) is 0 Å². The van der Waals surface area contributed by atoms with Crippen LogP contribution in [0.2, 0.25) is 0 Å². The normalized spacial score (nSPS) is 9.63. The average molecular weight is 263 g/mol. The summed E-state index contributed by atoms with van der Waals surface area (Å²) >= 11 is 0. The highest BCUT2D eigenvalue weighted by atomic mass is 16.6. The van der Waals surface area contributed by atoms with Crippen LogP contribution in [-0.4, -0.2) is 22.6 Å². The Morgan fingerprint density at radius 1 is 1.37 bits per heavy atom. The molecule has 102 valence electrons. The highest BCUT2D eigenvalue weighted by Gasteiger charge is 2.13. The molecular weight excluding hydrogens is 246 g/mol. The minimum Gasteiger partial charge on any atom is -0.507 e. The zero-order chi connectivity index (χ0) is 15.1. The van der Waals surface area contributed by atoms with Gasteiger partial charge in [-0.2, -0.15) is 0 Å². The van der Waals surface area contributed by atoms with E-state index in [1.54, 1.807) is 26.0 Å². The Morgan fingerprint density at radius 3 is 2.21 bits per heavy atom. The third kappa shape index (κ3) is 7.58. The summed E-state index contributed by atoms with van der Waals surface area (Å²) in [5.74, 6) is 0.639. The lowest BCUT2D eigenvalue weighted by Gasteiger charge is -2.05. The fraction of sp³-hybridized carbons (Fsp3) is 0.286. The van der Waals surface area contributed by atoms with Gasteiger partial charge >= 0.3 is 11.9 Å². The molecule has 0 radical (unpaired) electrons. The van der Waals surface area contributed by atoms with E-state index in [-0.39, 0.29) is 11.3 Å². The summed E-state index contributed by atoms with van der Waals surface area (Å²) in [5, 5.41) is 9.18. The molecule has 3 N–H and O–H groups in total. The van der Waals surface area contributed by atoms with Crippen molar-refractivity contribution in [2.75, 3.05) is 0 Å². The number of ether oxygens (including phenoxy) is 1. The number of aromatic hydroxyl groups is 1. The van der Waals surface area contributed by atoms with Crippen LogP contribution in [0.4, 0.5) is 0 Å². The van der Waals surface area contributed by atoms with E-state index in [1.807, 2.05) is 0 Å². The first kappa shape index (κ1) is 16.7. The molecule has 0 aliphatic rings. The first-order chi connectivity index (χ1) is 8.67. The number of rotatable bonds is 1. The van der Waals surface area contributed by atoms with Crippen LogP contribution in [0.1, 0.15) is 31.1 Å². The van der Waals surface area contributed by atoms with Crippen molar-refractivity contribution in [3.63, 3.8) is 0 Å². The van der Waals surface area contributed by atoms with Crippen LogP contribution >= 0.6 is 0 Å². The molecule has 0 unspecified atom stereocenters. The Morgan fingerprint density at radius 2 is 1.84 bits per heavy atom. The topological polar surface area (TPSA) is 89.6 Å². The van der Waals surface area contributed by atoms with Gasteiger partial charge in [0.2, 0.25) is 0 Å². The molecule has 0 aliphatic heterocycles. The number of hydrogen-bond donors (Lipinski definition) is 2. The summed E-state index contributed by atoms with van der Waals surface area (Å²) in [5.41, 5.74) is 4.85. The number of nitrogens with two attached hydrogens (primary N) is 1. The zero-order valence-electron chi connectivity index (χ0n) is 11.1. The number of terminal acetylenes is 1. The molecule has 1 aromatic carbocycles. The van der Waals surface area contributed by atoms with Gasteiger partial charge in [0.1, 0.15) is 11.3 Å². The van der Waals surface area contributed by atoms with E-state index in [0.29, 0.717) is 0 Å². The fourth-order valence-corrected chi connectivity index (χ4v) is 0.832. The lowest BCUT2D eigenvalue weighted by Crippen LogP contribution is -2.28. The number of carbonyl (C=O) groups excluding carboxylic acids is 2. The molecule has 0 aromatic heterocycles. The first-order valence-electron chi connectivity index (χ1n) is 5.44. The second-order valence-electron chi connectivity index (χ2n) is 4.26. The van der Waals surface area contributed by atoms with Gasteiger partial charge in [-0.05, 0) is 26.0 Å². The Labute approximate surface area is 112 Å². The second kappa shape index (κ2) is 7.19. The molecule has 19 heavy (non-hydrogen) atoms. The van der Waals surface area contributed by atoms with Gasteiger partial charge in [-0.25, -0.2) is 4.79 Å². The maximum atomic E-state index is 11.1. The molecule has 5 nitrogen and oxygen atoms in total. The Kier molecular flexibility index (Phi) is 6.31. The van der Waals surface area contributed by atoms with E-state index in [2.05, 4.69) is 10.7 Å². The summed E-state index contributed by atoms with van der Waals surface area (Å²) in [7, 11) is 0. The lowest BCUT2D eigenvalue weighted by molar-refractivity contribution is -0.135. The number of para-hydroxylation sites is 1. The van der Waals surface area contributed by atoms with Crippen LogP contribution in [0.5, 0.6) is 5.75 Å². The molecule has 1 aromatic rings. The van der Waals surface area contributed by atoms with E-state index < -0.39 is 17.5 Å². The van der Waals surface area contributed by atoms with Crippen molar-refractivity contribution in [2.45, 2.75) is 26.3 Å². The Balaban J connectivity index is 0.000000459. The van der Waals surface area contributed by atoms with Crippen LogP contribution in [-0.2, 0) is 9.53 Å². The van der Waals surface area contributed by atoms with Crippen LogP contribution in [0.3, 0.4) is 0 Å². The largest absolute Gasteiger partial charge is 0.507 e. The van der Waals surface area contributed by atoms with Gasteiger partial charge in [-0.3, -0.25) is 4.79 Å². The van der Waals surface area contributed by atoms with Crippen molar-refractivity contribution in [2.24, 2.45) is 5.73 Å². The van der Waals surface area contributed by atoms with Crippen molar-refractivity contribution in [1.29, 1.82) is 0 Å². The monoisotopic (exact) mass is 263 g/mol. The SMILES string of the molecule is C#CC(C)(C)N.CC(=O)OC(=O)c1ccccc1O. The second-order valence-corrected chi connectivity index (χ2v) is 4.26. The van der Waals surface area contributed by atoms with Crippen molar-refractivity contribution in [3.8, 4) is 18.1 Å². The number of carbonyl (C=O) groups is 2. The van der Waals surface area contributed by atoms with Crippen molar-refractivity contribution < 1.29 is 19.4 Å². The van der Waals surface area contributed by atoms with E-state index in [1.165, 1.54) is 12.1 Å². The van der Waals surface area contributed by atoms with Crippen molar-refractivity contribution >= 4 is 11.9 Å². The van der Waals surface area contributed by atoms with Crippen LogP contribution in [0.25, 0.3) is 0 Å². The van der Waals surface area contributed by atoms with Gasteiger partial charge in [0.25, 0.3) is 0 Å². The molecule has 1 rings (SSSR count). The van der Waals surface area contributed by atoms with Crippen LogP contribution in [0, 0.1) is 12.3 Å². The average Bonchev–Trinajstić information content (AvgIpc) is 2.28. The van der Waals surface area contributed by atoms with Gasteiger partial charge in [0.05, 0.1) is 5.54 Å². The number of benzene rings is 1. The molecule has 0 saturated heterocycles. The Bertz CT molecular complexity index is 495. The van der Waals surface area contributed by atoms with E-state index in [0.717, 1.165) is 6.92 Å². The molecule has 0 saturated carbocycles. The third-order valence-electron chi connectivity index (χ3n) is 1.73. The maximum absolute atomic E-state index is 11.1. The van der Waals surface area contributed by atoms with Crippen LogP contribution < -0.4 is 5.73 Å². The predicted molar refractivity (Wildman–Crippen MR) is 71.3 cm³/mol. The molecule has 0 heterocycles.